The summed E-state index contributed by atoms with van der Waals surface area (Å²) in [6, 6.07) is 15.7. The van der Waals surface area contributed by atoms with Crippen molar-refractivity contribution >= 4 is 34.9 Å². The summed E-state index contributed by atoms with van der Waals surface area (Å²) in [6.07, 6.45) is 0.764. The molecular formula is C19H21N3O4S. The van der Waals surface area contributed by atoms with Crippen molar-refractivity contribution in [3.8, 4) is 5.75 Å². The number of hydrogen-bond donors (Lipinski definition) is 3. The van der Waals surface area contributed by atoms with Crippen LogP contribution in [0.25, 0.3) is 0 Å². The van der Waals surface area contributed by atoms with E-state index < -0.39 is 5.91 Å². The third kappa shape index (κ3) is 7.33. The van der Waals surface area contributed by atoms with Crippen molar-refractivity contribution in [2.75, 3.05) is 18.5 Å². The zero-order chi connectivity index (χ0) is 19.5. The average Bonchev–Trinajstić information content (AvgIpc) is 2.70. The molecule has 0 aliphatic rings. The number of carbonyl (C=O) groups excluding carboxylic acids is 2. The summed E-state index contributed by atoms with van der Waals surface area (Å²) < 4.78 is 10.4. The Morgan fingerprint density at radius 2 is 1.70 bits per heavy atom. The number of rotatable bonds is 7. The number of ether oxygens (including phenoxy) is 2. The van der Waals surface area contributed by atoms with E-state index in [0.717, 1.165) is 12.1 Å². The van der Waals surface area contributed by atoms with E-state index in [-0.39, 0.29) is 17.7 Å². The topological polar surface area (TPSA) is 88.7 Å². The minimum Gasteiger partial charge on any atom is -0.484 e. The van der Waals surface area contributed by atoms with Crippen molar-refractivity contribution in [1.82, 2.24) is 10.9 Å². The molecule has 0 saturated heterocycles. The van der Waals surface area contributed by atoms with E-state index in [1.807, 2.05) is 37.3 Å². The minimum absolute atomic E-state index is 0.208. The molecular weight excluding hydrogens is 366 g/mol. The predicted molar refractivity (Wildman–Crippen MR) is 106 cm³/mol. The fourth-order valence-electron chi connectivity index (χ4n) is 1.96. The van der Waals surface area contributed by atoms with E-state index in [1.54, 1.807) is 24.3 Å². The Morgan fingerprint density at radius 1 is 1.00 bits per heavy atom. The smallest absolute Gasteiger partial charge is 0.338 e. The summed E-state index contributed by atoms with van der Waals surface area (Å²) in [7, 11) is 0. The second kappa shape index (κ2) is 10.8. The highest BCUT2D eigenvalue weighted by Gasteiger charge is 2.08. The summed E-state index contributed by atoms with van der Waals surface area (Å²) in [5.74, 6) is -0.328. The molecule has 0 aliphatic heterocycles. The molecule has 2 rings (SSSR count). The zero-order valence-corrected chi connectivity index (χ0v) is 15.7. The zero-order valence-electron chi connectivity index (χ0n) is 14.9. The number of para-hydroxylation sites is 1. The molecule has 0 atom stereocenters. The van der Waals surface area contributed by atoms with Gasteiger partial charge in [0.15, 0.2) is 11.7 Å². The van der Waals surface area contributed by atoms with Gasteiger partial charge in [0.25, 0.3) is 5.91 Å². The standard InChI is InChI=1S/C19H21N3O4S/c1-2-12-25-18(24)14-8-10-16(11-9-14)26-13-17(23)21-22-19(27)20-15-6-4-3-5-7-15/h3-11H,2,12-13H2,1H3,(H,21,23)(H2,20,22,27). The molecule has 0 unspecified atom stereocenters. The van der Waals surface area contributed by atoms with Crippen molar-refractivity contribution in [2.24, 2.45) is 0 Å². The molecule has 0 radical (unpaired) electrons. The molecule has 142 valence electrons. The van der Waals surface area contributed by atoms with Crippen molar-refractivity contribution in [3.05, 3.63) is 60.2 Å². The van der Waals surface area contributed by atoms with Crippen LogP contribution in [0, 0.1) is 0 Å². The van der Waals surface area contributed by atoms with Gasteiger partial charge < -0.3 is 14.8 Å². The van der Waals surface area contributed by atoms with Crippen LogP contribution in [0.4, 0.5) is 5.69 Å². The molecule has 0 fully saturated rings. The fraction of sp³-hybridized carbons (Fsp3) is 0.211. The molecule has 2 aromatic rings. The van der Waals surface area contributed by atoms with Gasteiger partial charge in [0.1, 0.15) is 5.75 Å². The number of amides is 1. The van der Waals surface area contributed by atoms with E-state index in [4.69, 9.17) is 21.7 Å². The maximum Gasteiger partial charge on any atom is 0.338 e. The number of benzene rings is 2. The number of esters is 1. The molecule has 2 aromatic carbocycles. The van der Waals surface area contributed by atoms with Gasteiger partial charge in [-0.25, -0.2) is 4.79 Å². The number of anilines is 1. The lowest BCUT2D eigenvalue weighted by Crippen LogP contribution is -2.45. The van der Waals surface area contributed by atoms with Crippen LogP contribution in [0.15, 0.2) is 54.6 Å². The van der Waals surface area contributed by atoms with Gasteiger partial charge in [-0.2, -0.15) is 0 Å². The largest absolute Gasteiger partial charge is 0.484 e. The van der Waals surface area contributed by atoms with Crippen LogP contribution in [0.2, 0.25) is 0 Å². The lowest BCUT2D eigenvalue weighted by Gasteiger charge is -2.12. The Morgan fingerprint density at radius 3 is 2.37 bits per heavy atom. The quantitative estimate of drug-likeness (QED) is 0.382. The van der Waals surface area contributed by atoms with Gasteiger partial charge in [-0.05, 0) is 55.0 Å². The van der Waals surface area contributed by atoms with E-state index in [1.165, 1.54) is 0 Å². The van der Waals surface area contributed by atoms with Crippen LogP contribution in [0.3, 0.4) is 0 Å². The number of nitrogens with one attached hydrogen (secondary N) is 3. The number of hydrazine groups is 1. The van der Waals surface area contributed by atoms with Gasteiger partial charge in [0.05, 0.1) is 12.2 Å². The third-order valence-electron chi connectivity index (χ3n) is 3.24. The second-order valence-electron chi connectivity index (χ2n) is 5.44. The fourth-order valence-corrected chi connectivity index (χ4v) is 2.13. The lowest BCUT2D eigenvalue weighted by atomic mass is 10.2. The first-order valence-corrected chi connectivity index (χ1v) is 8.80. The molecule has 27 heavy (non-hydrogen) atoms. The number of carbonyl (C=O) groups is 2. The molecule has 0 aromatic heterocycles. The first kappa shape index (κ1) is 20.2. The molecule has 0 bridgehead atoms. The highest BCUT2D eigenvalue weighted by atomic mass is 32.1. The summed E-state index contributed by atoms with van der Waals surface area (Å²) in [5, 5.41) is 3.18. The van der Waals surface area contributed by atoms with Crippen LogP contribution < -0.4 is 20.9 Å². The highest BCUT2D eigenvalue weighted by Crippen LogP contribution is 2.13. The van der Waals surface area contributed by atoms with Crippen LogP contribution in [0.5, 0.6) is 5.75 Å². The lowest BCUT2D eigenvalue weighted by molar-refractivity contribution is -0.123. The molecule has 7 nitrogen and oxygen atoms in total. The van der Waals surface area contributed by atoms with Crippen molar-refractivity contribution in [2.45, 2.75) is 13.3 Å². The van der Waals surface area contributed by atoms with Gasteiger partial charge in [-0.3, -0.25) is 15.6 Å². The first-order valence-electron chi connectivity index (χ1n) is 8.39. The normalized spacial score (nSPS) is 9.81. The summed E-state index contributed by atoms with van der Waals surface area (Å²) in [6.45, 7) is 2.10. The maximum absolute atomic E-state index is 11.8. The van der Waals surface area contributed by atoms with Crippen LogP contribution in [0.1, 0.15) is 23.7 Å². The van der Waals surface area contributed by atoms with Crippen LogP contribution in [-0.2, 0) is 9.53 Å². The molecule has 0 spiro atoms. The van der Waals surface area contributed by atoms with Gasteiger partial charge in [-0.1, -0.05) is 25.1 Å². The Bertz CT molecular complexity index is 766. The predicted octanol–water partition coefficient (Wildman–Crippen LogP) is 2.65. The Labute approximate surface area is 163 Å². The third-order valence-corrected chi connectivity index (χ3v) is 3.45. The van der Waals surface area contributed by atoms with Gasteiger partial charge in [0.2, 0.25) is 0 Å². The monoisotopic (exact) mass is 387 g/mol. The molecule has 0 aliphatic carbocycles. The Kier molecular flexibility index (Phi) is 8.05. The first-order chi connectivity index (χ1) is 13.1. The second-order valence-corrected chi connectivity index (χ2v) is 5.85. The van der Waals surface area contributed by atoms with Gasteiger partial charge in [0, 0.05) is 5.69 Å². The van der Waals surface area contributed by atoms with E-state index >= 15 is 0 Å². The number of thiocarbonyl (C=S) groups is 1. The Balaban J connectivity index is 1.70. The summed E-state index contributed by atoms with van der Waals surface area (Å²) in [4.78, 5) is 23.5. The molecule has 8 heteroatoms. The minimum atomic E-state index is -0.404. The molecule has 0 heterocycles. The van der Waals surface area contributed by atoms with E-state index in [2.05, 4.69) is 16.2 Å². The highest BCUT2D eigenvalue weighted by molar-refractivity contribution is 7.80. The van der Waals surface area contributed by atoms with E-state index in [0.29, 0.717) is 17.9 Å². The van der Waals surface area contributed by atoms with Crippen LogP contribution >= 0.6 is 12.2 Å². The molecule has 3 N–H and O–H groups in total. The number of hydrogen-bond acceptors (Lipinski definition) is 5. The summed E-state index contributed by atoms with van der Waals surface area (Å²) >= 11 is 5.08. The summed E-state index contributed by atoms with van der Waals surface area (Å²) in [5.41, 5.74) is 6.26. The molecule has 1 amide bonds. The Hall–Kier alpha value is -3.13. The van der Waals surface area contributed by atoms with Crippen molar-refractivity contribution in [3.63, 3.8) is 0 Å². The average molecular weight is 387 g/mol. The van der Waals surface area contributed by atoms with Gasteiger partial charge >= 0.3 is 5.97 Å². The SMILES string of the molecule is CCCOC(=O)c1ccc(OCC(=O)NNC(=S)Nc2ccccc2)cc1. The maximum atomic E-state index is 11.8. The van der Waals surface area contributed by atoms with Crippen LogP contribution in [-0.4, -0.2) is 30.2 Å². The van der Waals surface area contributed by atoms with Gasteiger partial charge in [-0.15, -0.1) is 0 Å². The van der Waals surface area contributed by atoms with Crippen molar-refractivity contribution in [1.29, 1.82) is 0 Å². The van der Waals surface area contributed by atoms with Crippen molar-refractivity contribution < 1.29 is 19.1 Å². The molecule has 0 saturated carbocycles. The van der Waals surface area contributed by atoms with E-state index in [9.17, 15) is 9.59 Å².